The summed E-state index contributed by atoms with van der Waals surface area (Å²) in [5, 5.41) is 8.79. The molecule has 0 bridgehead atoms. The van der Waals surface area contributed by atoms with Gasteiger partial charge in [-0.25, -0.2) is 0 Å². The van der Waals surface area contributed by atoms with Crippen LogP contribution in [0.25, 0.3) is 0 Å². The van der Waals surface area contributed by atoms with Crippen molar-refractivity contribution in [1.82, 2.24) is 0 Å². The molecule has 0 saturated carbocycles. The average Bonchev–Trinajstić information content (AvgIpc) is 2.19. The van der Waals surface area contributed by atoms with Crippen molar-refractivity contribution in [2.75, 3.05) is 11.4 Å². The van der Waals surface area contributed by atoms with Gasteiger partial charge in [0.1, 0.15) is 0 Å². The summed E-state index contributed by atoms with van der Waals surface area (Å²) in [6, 6.07) is 10.4. The normalized spacial score (nSPS) is 9.93. The van der Waals surface area contributed by atoms with Gasteiger partial charge in [0.05, 0.1) is 11.6 Å². The Morgan fingerprint density at radius 2 is 2.14 bits per heavy atom. The van der Waals surface area contributed by atoms with Crippen LogP contribution in [0.5, 0.6) is 0 Å². The van der Waals surface area contributed by atoms with Crippen molar-refractivity contribution in [2.45, 2.75) is 26.8 Å². The van der Waals surface area contributed by atoms with E-state index in [2.05, 4.69) is 31.7 Å². The van der Waals surface area contributed by atoms with Crippen molar-refractivity contribution in [1.29, 1.82) is 5.26 Å². The van der Waals surface area contributed by atoms with E-state index in [1.165, 1.54) is 0 Å². The van der Waals surface area contributed by atoms with Gasteiger partial charge in [0, 0.05) is 18.3 Å². The highest BCUT2D eigenvalue weighted by molar-refractivity contribution is 5.51. The molecule has 0 saturated heterocycles. The Hall–Kier alpha value is -1.49. The van der Waals surface area contributed by atoms with Crippen molar-refractivity contribution < 1.29 is 0 Å². The molecule has 14 heavy (non-hydrogen) atoms. The van der Waals surface area contributed by atoms with Crippen LogP contribution in [0.2, 0.25) is 0 Å². The van der Waals surface area contributed by atoms with Gasteiger partial charge in [0.2, 0.25) is 0 Å². The molecule has 0 fully saturated rings. The highest BCUT2D eigenvalue weighted by Crippen LogP contribution is 2.17. The minimum absolute atomic E-state index is 0.467. The van der Waals surface area contributed by atoms with Crippen LogP contribution in [0.3, 0.4) is 0 Å². The SMILES string of the molecule is CCN(c1cccc(C#N)c1)C(C)C. The summed E-state index contributed by atoms with van der Waals surface area (Å²) in [4.78, 5) is 2.26. The van der Waals surface area contributed by atoms with Crippen LogP contribution in [0.4, 0.5) is 5.69 Å². The standard InChI is InChI=1S/C12H16N2/c1-4-14(10(2)3)12-7-5-6-11(8-12)9-13/h5-8,10H,4H2,1-3H3. The third kappa shape index (κ3) is 2.26. The summed E-state index contributed by atoms with van der Waals surface area (Å²) in [5.74, 6) is 0. The molecule has 0 atom stereocenters. The van der Waals surface area contributed by atoms with Crippen LogP contribution in [-0.2, 0) is 0 Å². The van der Waals surface area contributed by atoms with Crippen molar-refractivity contribution in [3.8, 4) is 6.07 Å². The number of nitriles is 1. The lowest BCUT2D eigenvalue weighted by Gasteiger charge is -2.27. The third-order valence-electron chi connectivity index (χ3n) is 2.27. The summed E-state index contributed by atoms with van der Waals surface area (Å²) in [7, 11) is 0. The smallest absolute Gasteiger partial charge is 0.0992 e. The molecule has 0 aliphatic carbocycles. The number of nitrogens with zero attached hydrogens (tertiary/aromatic N) is 2. The van der Waals surface area contributed by atoms with E-state index in [0.29, 0.717) is 6.04 Å². The average molecular weight is 188 g/mol. The van der Waals surface area contributed by atoms with Crippen LogP contribution < -0.4 is 4.90 Å². The molecule has 0 heterocycles. The predicted molar refractivity (Wildman–Crippen MR) is 59.3 cm³/mol. The zero-order chi connectivity index (χ0) is 10.6. The third-order valence-corrected chi connectivity index (χ3v) is 2.27. The number of rotatable bonds is 3. The molecule has 0 aliphatic rings. The Labute approximate surface area is 85.8 Å². The van der Waals surface area contributed by atoms with E-state index < -0.39 is 0 Å². The first-order valence-electron chi connectivity index (χ1n) is 4.95. The summed E-state index contributed by atoms with van der Waals surface area (Å²) < 4.78 is 0. The Bertz CT molecular complexity index is 336. The van der Waals surface area contributed by atoms with Crippen molar-refractivity contribution in [2.24, 2.45) is 0 Å². The first-order valence-corrected chi connectivity index (χ1v) is 4.95. The van der Waals surface area contributed by atoms with Gasteiger partial charge < -0.3 is 4.90 Å². The van der Waals surface area contributed by atoms with E-state index in [1.807, 2.05) is 24.3 Å². The molecule has 0 aliphatic heterocycles. The van der Waals surface area contributed by atoms with Crippen LogP contribution in [0, 0.1) is 11.3 Å². The largest absolute Gasteiger partial charge is 0.369 e. The lowest BCUT2D eigenvalue weighted by molar-refractivity contribution is 0.704. The summed E-state index contributed by atoms with van der Waals surface area (Å²) in [5.41, 5.74) is 1.85. The number of hydrogen-bond donors (Lipinski definition) is 0. The summed E-state index contributed by atoms with van der Waals surface area (Å²) >= 11 is 0. The number of hydrogen-bond acceptors (Lipinski definition) is 2. The van der Waals surface area contributed by atoms with Crippen molar-refractivity contribution in [3.05, 3.63) is 29.8 Å². The molecule has 0 amide bonds. The van der Waals surface area contributed by atoms with Gasteiger partial charge in [-0.3, -0.25) is 0 Å². The molecule has 74 valence electrons. The van der Waals surface area contributed by atoms with Gasteiger partial charge in [-0.2, -0.15) is 5.26 Å². The molecule has 1 aromatic carbocycles. The fraction of sp³-hybridized carbons (Fsp3) is 0.417. The summed E-state index contributed by atoms with van der Waals surface area (Å²) in [6.45, 7) is 7.40. The topological polar surface area (TPSA) is 27.0 Å². The molecule has 0 aromatic heterocycles. The molecular weight excluding hydrogens is 172 g/mol. The fourth-order valence-electron chi connectivity index (χ4n) is 1.60. The van der Waals surface area contributed by atoms with E-state index >= 15 is 0 Å². The highest BCUT2D eigenvalue weighted by atomic mass is 15.1. The lowest BCUT2D eigenvalue weighted by atomic mass is 10.2. The summed E-state index contributed by atoms with van der Waals surface area (Å²) in [6.07, 6.45) is 0. The highest BCUT2D eigenvalue weighted by Gasteiger charge is 2.07. The van der Waals surface area contributed by atoms with Gasteiger partial charge >= 0.3 is 0 Å². The molecular formula is C12H16N2. The van der Waals surface area contributed by atoms with Crippen molar-refractivity contribution in [3.63, 3.8) is 0 Å². The van der Waals surface area contributed by atoms with Gasteiger partial charge in [-0.05, 0) is 39.0 Å². The van der Waals surface area contributed by atoms with Crippen molar-refractivity contribution >= 4 is 5.69 Å². The Balaban J connectivity index is 2.99. The van der Waals surface area contributed by atoms with Gasteiger partial charge in [0.15, 0.2) is 0 Å². The first-order chi connectivity index (χ1) is 6.69. The Morgan fingerprint density at radius 3 is 2.64 bits per heavy atom. The fourth-order valence-corrected chi connectivity index (χ4v) is 1.60. The molecule has 1 aromatic rings. The minimum Gasteiger partial charge on any atom is -0.369 e. The van der Waals surface area contributed by atoms with Gasteiger partial charge in [0.25, 0.3) is 0 Å². The number of benzene rings is 1. The van der Waals surface area contributed by atoms with Crippen LogP contribution >= 0.6 is 0 Å². The van der Waals surface area contributed by atoms with E-state index in [0.717, 1.165) is 17.8 Å². The number of anilines is 1. The predicted octanol–water partition coefficient (Wildman–Crippen LogP) is 2.79. The maximum absolute atomic E-state index is 8.79. The van der Waals surface area contributed by atoms with E-state index in [-0.39, 0.29) is 0 Å². The Kier molecular flexibility index (Phi) is 3.53. The molecule has 2 heteroatoms. The molecule has 0 unspecified atom stereocenters. The molecule has 0 spiro atoms. The second-order valence-corrected chi connectivity index (χ2v) is 3.54. The minimum atomic E-state index is 0.467. The van der Waals surface area contributed by atoms with Crippen LogP contribution in [0.1, 0.15) is 26.3 Å². The van der Waals surface area contributed by atoms with Crippen LogP contribution in [0.15, 0.2) is 24.3 Å². The molecule has 1 rings (SSSR count). The maximum Gasteiger partial charge on any atom is 0.0992 e. The zero-order valence-corrected chi connectivity index (χ0v) is 8.99. The van der Waals surface area contributed by atoms with E-state index in [1.54, 1.807) is 0 Å². The second-order valence-electron chi connectivity index (χ2n) is 3.54. The van der Waals surface area contributed by atoms with E-state index in [9.17, 15) is 0 Å². The van der Waals surface area contributed by atoms with Gasteiger partial charge in [-0.1, -0.05) is 6.07 Å². The quantitative estimate of drug-likeness (QED) is 0.729. The van der Waals surface area contributed by atoms with E-state index in [4.69, 9.17) is 5.26 Å². The monoisotopic (exact) mass is 188 g/mol. The zero-order valence-electron chi connectivity index (χ0n) is 8.99. The molecule has 0 N–H and O–H groups in total. The lowest BCUT2D eigenvalue weighted by Crippen LogP contribution is -2.30. The second kappa shape index (κ2) is 4.66. The first kappa shape index (κ1) is 10.6. The van der Waals surface area contributed by atoms with Crippen LogP contribution in [-0.4, -0.2) is 12.6 Å². The Morgan fingerprint density at radius 1 is 1.43 bits per heavy atom. The molecule has 0 radical (unpaired) electrons. The molecule has 2 nitrogen and oxygen atoms in total. The van der Waals surface area contributed by atoms with Gasteiger partial charge in [-0.15, -0.1) is 0 Å². The maximum atomic E-state index is 8.79.